The average molecular weight is 655 g/mol. The van der Waals surface area contributed by atoms with Crippen LogP contribution in [0.1, 0.15) is 41.9 Å². The Morgan fingerprint density at radius 1 is 1.02 bits per heavy atom. The van der Waals surface area contributed by atoms with Gasteiger partial charge in [-0.1, -0.05) is 24.3 Å². The molecule has 2 fully saturated rings. The topological polar surface area (TPSA) is 131 Å². The summed E-state index contributed by atoms with van der Waals surface area (Å²) in [6, 6.07) is 9.77. The van der Waals surface area contributed by atoms with Gasteiger partial charge in [-0.05, 0) is 74.2 Å². The molecule has 2 amide bonds. The van der Waals surface area contributed by atoms with Gasteiger partial charge in [-0.25, -0.2) is 18.0 Å². The summed E-state index contributed by atoms with van der Waals surface area (Å²) in [5.74, 6) is -2.84. The van der Waals surface area contributed by atoms with Gasteiger partial charge in [-0.15, -0.1) is 0 Å². The largest absolute Gasteiger partial charge is 0.448 e. The SMILES string of the molecule is N[C@H](C(=O)Nc1cncc(F)c1CC[C@@H]1CN[C@H](COC(=O)NCCN2CCCC2)CO1)C(c1ccc(F)cc1)c1ccc(F)cc1. The lowest BCUT2D eigenvalue weighted by atomic mass is 9.85. The molecule has 2 aromatic carbocycles. The number of morpholine rings is 1. The van der Waals surface area contributed by atoms with Crippen molar-refractivity contribution in [2.45, 2.75) is 49.8 Å². The number of alkyl carbamates (subject to hydrolysis) is 1. The first-order valence-corrected chi connectivity index (χ1v) is 15.9. The summed E-state index contributed by atoms with van der Waals surface area (Å²) in [5.41, 5.74) is 7.99. The quantitative estimate of drug-likeness (QED) is 0.220. The number of benzene rings is 2. The molecule has 2 aliphatic heterocycles. The average Bonchev–Trinajstić information content (AvgIpc) is 3.59. The zero-order valence-corrected chi connectivity index (χ0v) is 26.1. The van der Waals surface area contributed by atoms with Crippen LogP contribution >= 0.6 is 0 Å². The van der Waals surface area contributed by atoms with Gasteiger partial charge in [0.2, 0.25) is 5.91 Å². The van der Waals surface area contributed by atoms with E-state index in [1.807, 2.05) is 0 Å². The van der Waals surface area contributed by atoms with Crippen LogP contribution in [0.15, 0.2) is 60.9 Å². The smallest absolute Gasteiger partial charge is 0.407 e. The molecule has 47 heavy (non-hydrogen) atoms. The van der Waals surface area contributed by atoms with Crippen LogP contribution in [0.3, 0.4) is 0 Å². The Kier molecular flexibility index (Phi) is 12.2. The molecule has 3 heterocycles. The molecule has 5 N–H and O–H groups in total. The molecule has 0 unspecified atom stereocenters. The number of pyridine rings is 1. The van der Waals surface area contributed by atoms with E-state index in [1.165, 1.54) is 67.6 Å². The predicted molar refractivity (Wildman–Crippen MR) is 170 cm³/mol. The Bertz CT molecular complexity index is 1420. The first-order chi connectivity index (χ1) is 22.8. The van der Waals surface area contributed by atoms with E-state index in [0.29, 0.717) is 37.2 Å². The predicted octanol–water partition coefficient (Wildman–Crippen LogP) is 3.71. The molecule has 252 valence electrons. The second kappa shape index (κ2) is 16.7. The van der Waals surface area contributed by atoms with Crippen LogP contribution in [-0.4, -0.2) is 86.0 Å². The zero-order valence-electron chi connectivity index (χ0n) is 26.1. The third-order valence-electron chi connectivity index (χ3n) is 8.58. The number of ether oxygens (including phenoxy) is 2. The Labute approximate surface area is 272 Å². The number of hydrogen-bond acceptors (Lipinski definition) is 8. The van der Waals surface area contributed by atoms with Crippen LogP contribution in [0.2, 0.25) is 0 Å². The van der Waals surface area contributed by atoms with E-state index in [4.69, 9.17) is 15.2 Å². The molecule has 1 aromatic heterocycles. The highest BCUT2D eigenvalue weighted by atomic mass is 19.1. The van der Waals surface area contributed by atoms with E-state index in [2.05, 4.69) is 25.8 Å². The minimum absolute atomic E-state index is 0.161. The second-order valence-corrected chi connectivity index (χ2v) is 11.9. The van der Waals surface area contributed by atoms with Crippen molar-refractivity contribution < 1.29 is 32.2 Å². The number of likely N-dealkylation sites (tertiary alicyclic amines) is 1. The molecular weight excluding hydrogens is 613 g/mol. The first kappa shape index (κ1) is 34.3. The van der Waals surface area contributed by atoms with Crippen LogP contribution in [0.5, 0.6) is 0 Å². The summed E-state index contributed by atoms with van der Waals surface area (Å²) in [6.07, 6.45) is 4.82. The van der Waals surface area contributed by atoms with E-state index in [1.54, 1.807) is 0 Å². The van der Waals surface area contributed by atoms with Crippen molar-refractivity contribution >= 4 is 17.7 Å². The molecule has 2 aliphatic rings. The number of nitrogens with zero attached hydrogens (tertiary/aromatic N) is 2. The summed E-state index contributed by atoms with van der Waals surface area (Å²) < 4.78 is 53.6. The number of carbonyl (C=O) groups excluding carboxylic acids is 2. The normalized spacial score (nSPS) is 19.0. The molecule has 0 aliphatic carbocycles. The standard InChI is InChI=1S/C34H41F3N6O4/c35-24-7-3-22(4-8-24)31(23-5-9-25(36)10-6-23)32(38)33(44)42-30-19-39-18-29(37)28(30)12-11-27-17-41-26(20-46-27)21-47-34(45)40-13-16-43-14-1-2-15-43/h3-10,18-19,26-27,31-32,41H,1-2,11-17,20-21,38H2,(H,40,45)(H,42,44)/t26-,27+,32-/m0/s1. The zero-order chi connectivity index (χ0) is 33.2. The monoisotopic (exact) mass is 654 g/mol. The number of rotatable bonds is 13. The van der Waals surface area contributed by atoms with Gasteiger partial charge in [0.15, 0.2) is 0 Å². The maximum absolute atomic E-state index is 15.0. The maximum atomic E-state index is 15.0. The second-order valence-electron chi connectivity index (χ2n) is 11.9. The highest BCUT2D eigenvalue weighted by molar-refractivity contribution is 5.96. The third kappa shape index (κ3) is 9.74. The Hall–Kier alpha value is -4.04. The van der Waals surface area contributed by atoms with Gasteiger partial charge in [0, 0.05) is 31.1 Å². The van der Waals surface area contributed by atoms with E-state index in [9.17, 15) is 18.4 Å². The van der Waals surface area contributed by atoms with Crippen molar-refractivity contribution in [2.75, 3.05) is 51.3 Å². The molecule has 3 atom stereocenters. The van der Waals surface area contributed by atoms with Crippen molar-refractivity contribution in [1.29, 1.82) is 0 Å². The highest BCUT2D eigenvalue weighted by Gasteiger charge is 2.29. The molecular formula is C34H41F3N6O4. The fraction of sp³-hybridized carbons (Fsp3) is 0.441. The molecule has 10 nitrogen and oxygen atoms in total. The lowest BCUT2D eigenvalue weighted by molar-refractivity contribution is -0.117. The summed E-state index contributed by atoms with van der Waals surface area (Å²) >= 11 is 0. The number of amides is 2. The van der Waals surface area contributed by atoms with Crippen molar-refractivity contribution in [3.05, 3.63) is 95.1 Å². The maximum Gasteiger partial charge on any atom is 0.407 e. The van der Waals surface area contributed by atoms with E-state index in [0.717, 1.165) is 25.8 Å². The fourth-order valence-corrected chi connectivity index (χ4v) is 5.95. The van der Waals surface area contributed by atoms with Crippen molar-refractivity contribution in [2.24, 2.45) is 5.73 Å². The molecule has 0 spiro atoms. The minimum Gasteiger partial charge on any atom is -0.448 e. The molecule has 5 rings (SSSR count). The molecule has 0 saturated carbocycles. The van der Waals surface area contributed by atoms with Crippen molar-refractivity contribution in [3.63, 3.8) is 0 Å². The van der Waals surface area contributed by atoms with Gasteiger partial charge in [0.25, 0.3) is 0 Å². The number of nitrogens with one attached hydrogen (secondary N) is 3. The van der Waals surface area contributed by atoms with Gasteiger partial charge < -0.3 is 36.1 Å². The van der Waals surface area contributed by atoms with Crippen LogP contribution in [0.4, 0.5) is 23.7 Å². The van der Waals surface area contributed by atoms with Crippen molar-refractivity contribution in [1.82, 2.24) is 20.5 Å². The number of nitrogens with two attached hydrogens (primary N) is 1. The number of halogens is 3. The number of aromatic nitrogens is 1. The summed E-state index contributed by atoms with van der Waals surface area (Å²) in [7, 11) is 0. The van der Waals surface area contributed by atoms with Crippen LogP contribution in [0.25, 0.3) is 0 Å². The third-order valence-corrected chi connectivity index (χ3v) is 8.58. The molecule has 0 radical (unpaired) electrons. The number of anilines is 1. The number of carbonyl (C=O) groups is 2. The molecule has 2 saturated heterocycles. The van der Waals surface area contributed by atoms with Crippen LogP contribution < -0.4 is 21.7 Å². The van der Waals surface area contributed by atoms with Gasteiger partial charge in [0.1, 0.15) is 24.1 Å². The molecule has 13 heteroatoms. The lowest BCUT2D eigenvalue weighted by Gasteiger charge is -2.30. The van der Waals surface area contributed by atoms with Gasteiger partial charge in [-0.2, -0.15) is 0 Å². The Morgan fingerprint density at radius 3 is 2.30 bits per heavy atom. The minimum atomic E-state index is -1.18. The fourth-order valence-electron chi connectivity index (χ4n) is 5.95. The van der Waals surface area contributed by atoms with E-state index < -0.39 is 41.4 Å². The Morgan fingerprint density at radius 2 is 1.68 bits per heavy atom. The van der Waals surface area contributed by atoms with E-state index in [-0.39, 0.29) is 36.4 Å². The summed E-state index contributed by atoms with van der Waals surface area (Å²) in [5, 5.41) is 8.81. The molecule has 3 aromatic rings. The molecule has 0 bridgehead atoms. The van der Waals surface area contributed by atoms with Gasteiger partial charge in [0.05, 0.1) is 42.9 Å². The Balaban J connectivity index is 1.12. The van der Waals surface area contributed by atoms with E-state index >= 15 is 4.39 Å². The van der Waals surface area contributed by atoms with Gasteiger partial charge in [-0.3, -0.25) is 9.78 Å². The van der Waals surface area contributed by atoms with Crippen molar-refractivity contribution in [3.8, 4) is 0 Å². The number of hydrogen-bond donors (Lipinski definition) is 4. The highest BCUT2D eigenvalue weighted by Crippen LogP contribution is 2.29. The summed E-state index contributed by atoms with van der Waals surface area (Å²) in [4.78, 5) is 31.7. The first-order valence-electron chi connectivity index (χ1n) is 15.9. The van der Waals surface area contributed by atoms with Crippen LogP contribution in [-0.2, 0) is 20.7 Å². The lowest BCUT2D eigenvalue weighted by Crippen LogP contribution is -2.49. The summed E-state index contributed by atoms with van der Waals surface area (Å²) in [6.45, 7) is 4.43. The van der Waals surface area contributed by atoms with Gasteiger partial charge >= 0.3 is 6.09 Å². The van der Waals surface area contributed by atoms with Crippen LogP contribution in [0, 0.1) is 17.5 Å².